The lowest BCUT2D eigenvalue weighted by Crippen LogP contribution is -2.03. The van der Waals surface area contributed by atoms with Crippen LogP contribution in [-0.4, -0.2) is 17.1 Å². The molecule has 1 aromatic heterocycles. The second-order valence-corrected chi connectivity index (χ2v) is 3.79. The van der Waals surface area contributed by atoms with E-state index in [1.165, 1.54) is 0 Å². The number of nitrogens with one attached hydrogen (secondary N) is 1. The number of anilines is 1. The molecule has 2 rings (SSSR count). The van der Waals surface area contributed by atoms with Gasteiger partial charge < -0.3 is 10.1 Å². The Kier molecular flexibility index (Phi) is 3.77. The summed E-state index contributed by atoms with van der Waals surface area (Å²) in [6.07, 6.45) is 1.62. The predicted octanol–water partition coefficient (Wildman–Crippen LogP) is 2.75. The van der Waals surface area contributed by atoms with E-state index in [0.29, 0.717) is 17.6 Å². The minimum atomic E-state index is 0.428. The van der Waals surface area contributed by atoms with Crippen LogP contribution >= 0.6 is 11.6 Å². The third kappa shape index (κ3) is 3.32. The Bertz CT molecular complexity index is 487. The van der Waals surface area contributed by atoms with E-state index in [-0.39, 0.29) is 0 Å². The van der Waals surface area contributed by atoms with Gasteiger partial charge in [-0.3, -0.25) is 0 Å². The molecular weight excluding hydrogens is 238 g/mol. The number of methoxy groups -OCH3 is 1. The van der Waals surface area contributed by atoms with Crippen molar-refractivity contribution in [3.8, 4) is 5.75 Å². The lowest BCUT2D eigenvalue weighted by molar-refractivity contribution is 0.414. The maximum Gasteiger partial charge on any atom is 0.224 e. The van der Waals surface area contributed by atoms with Crippen molar-refractivity contribution in [1.29, 1.82) is 0 Å². The molecule has 0 fully saturated rings. The minimum absolute atomic E-state index is 0.428. The van der Waals surface area contributed by atoms with Crippen LogP contribution in [0.2, 0.25) is 5.15 Å². The zero-order valence-electron chi connectivity index (χ0n) is 9.35. The monoisotopic (exact) mass is 249 g/mol. The summed E-state index contributed by atoms with van der Waals surface area (Å²) in [5, 5.41) is 3.52. The number of aromatic nitrogens is 2. The number of halogens is 1. The predicted molar refractivity (Wildman–Crippen MR) is 67.4 cm³/mol. The highest BCUT2D eigenvalue weighted by Gasteiger charge is 1.98. The van der Waals surface area contributed by atoms with Gasteiger partial charge in [0.1, 0.15) is 10.9 Å². The van der Waals surface area contributed by atoms with Crippen LogP contribution < -0.4 is 10.1 Å². The molecule has 0 saturated carbocycles. The molecule has 0 bridgehead atoms. The number of ether oxygens (including phenoxy) is 1. The molecule has 5 heteroatoms. The highest BCUT2D eigenvalue weighted by molar-refractivity contribution is 6.29. The van der Waals surface area contributed by atoms with Crippen molar-refractivity contribution in [2.75, 3.05) is 12.4 Å². The first kappa shape index (κ1) is 11.7. The van der Waals surface area contributed by atoms with Gasteiger partial charge in [-0.05, 0) is 23.8 Å². The van der Waals surface area contributed by atoms with E-state index in [1.54, 1.807) is 19.4 Å². The summed E-state index contributed by atoms with van der Waals surface area (Å²) in [5.41, 5.74) is 1.12. The van der Waals surface area contributed by atoms with E-state index < -0.39 is 0 Å². The summed E-state index contributed by atoms with van der Waals surface area (Å²) in [6.45, 7) is 0.643. The standard InChI is InChI=1S/C12H12ClN3O/c1-17-10-4-2-9(3-5-10)8-15-12-14-7-6-11(13)16-12/h2-7H,8H2,1H3,(H,14,15,16). The highest BCUT2D eigenvalue weighted by atomic mass is 35.5. The van der Waals surface area contributed by atoms with E-state index in [1.807, 2.05) is 24.3 Å². The summed E-state index contributed by atoms with van der Waals surface area (Å²) in [4.78, 5) is 8.10. The van der Waals surface area contributed by atoms with Gasteiger partial charge in [-0.1, -0.05) is 23.7 Å². The van der Waals surface area contributed by atoms with Crippen molar-refractivity contribution in [3.63, 3.8) is 0 Å². The molecule has 0 atom stereocenters. The first-order valence-corrected chi connectivity index (χ1v) is 5.51. The van der Waals surface area contributed by atoms with E-state index >= 15 is 0 Å². The fraction of sp³-hybridized carbons (Fsp3) is 0.167. The van der Waals surface area contributed by atoms with Crippen LogP contribution in [0.3, 0.4) is 0 Å². The van der Waals surface area contributed by atoms with E-state index in [9.17, 15) is 0 Å². The van der Waals surface area contributed by atoms with Gasteiger partial charge in [0, 0.05) is 12.7 Å². The van der Waals surface area contributed by atoms with Gasteiger partial charge in [0.05, 0.1) is 7.11 Å². The molecule has 0 aliphatic heterocycles. The first-order chi connectivity index (χ1) is 8.28. The van der Waals surface area contributed by atoms with Crippen LogP contribution in [0.5, 0.6) is 5.75 Å². The maximum absolute atomic E-state index is 5.76. The smallest absolute Gasteiger partial charge is 0.224 e. The average Bonchev–Trinajstić information content (AvgIpc) is 2.37. The molecule has 1 N–H and O–H groups in total. The van der Waals surface area contributed by atoms with Crippen molar-refractivity contribution >= 4 is 17.5 Å². The quantitative estimate of drug-likeness (QED) is 0.847. The fourth-order valence-electron chi connectivity index (χ4n) is 1.35. The number of hydrogen-bond donors (Lipinski definition) is 1. The van der Waals surface area contributed by atoms with E-state index in [2.05, 4.69) is 15.3 Å². The Labute approximate surface area is 105 Å². The van der Waals surface area contributed by atoms with Crippen molar-refractivity contribution in [2.45, 2.75) is 6.54 Å². The number of benzene rings is 1. The van der Waals surface area contributed by atoms with E-state index in [0.717, 1.165) is 11.3 Å². The zero-order chi connectivity index (χ0) is 12.1. The fourth-order valence-corrected chi connectivity index (χ4v) is 1.48. The highest BCUT2D eigenvalue weighted by Crippen LogP contribution is 2.12. The molecule has 0 unspecified atom stereocenters. The third-order valence-corrected chi connectivity index (χ3v) is 2.44. The second-order valence-electron chi connectivity index (χ2n) is 3.40. The van der Waals surface area contributed by atoms with Gasteiger partial charge >= 0.3 is 0 Å². The zero-order valence-corrected chi connectivity index (χ0v) is 10.1. The minimum Gasteiger partial charge on any atom is -0.497 e. The Balaban J connectivity index is 1.97. The summed E-state index contributed by atoms with van der Waals surface area (Å²) in [6, 6.07) is 9.43. The van der Waals surface area contributed by atoms with Crippen LogP contribution in [0.25, 0.3) is 0 Å². The third-order valence-electron chi connectivity index (χ3n) is 2.23. The topological polar surface area (TPSA) is 47.0 Å². The number of rotatable bonds is 4. The van der Waals surface area contributed by atoms with E-state index in [4.69, 9.17) is 16.3 Å². The number of hydrogen-bond acceptors (Lipinski definition) is 4. The molecule has 2 aromatic rings. The van der Waals surface area contributed by atoms with Gasteiger partial charge in [0.15, 0.2) is 0 Å². The largest absolute Gasteiger partial charge is 0.497 e. The van der Waals surface area contributed by atoms with Crippen LogP contribution in [0, 0.1) is 0 Å². The van der Waals surface area contributed by atoms with Gasteiger partial charge in [0.2, 0.25) is 5.95 Å². The summed E-state index contributed by atoms with van der Waals surface area (Å²) in [7, 11) is 1.65. The maximum atomic E-state index is 5.76. The Morgan fingerprint density at radius 2 is 2.00 bits per heavy atom. The lowest BCUT2D eigenvalue weighted by Gasteiger charge is -2.05. The SMILES string of the molecule is COc1ccc(CNc2nccc(Cl)n2)cc1. The summed E-state index contributed by atoms with van der Waals surface area (Å²) >= 11 is 5.76. The van der Waals surface area contributed by atoms with Crippen molar-refractivity contribution in [3.05, 3.63) is 47.2 Å². The Morgan fingerprint density at radius 3 is 2.65 bits per heavy atom. The molecule has 0 saturated heterocycles. The Hall–Kier alpha value is -1.81. The van der Waals surface area contributed by atoms with Crippen molar-refractivity contribution in [1.82, 2.24) is 9.97 Å². The molecule has 1 heterocycles. The summed E-state index contributed by atoms with van der Waals surface area (Å²) in [5.74, 6) is 1.36. The molecule has 0 spiro atoms. The van der Waals surface area contributed by atoms with Gasteiger partial charge in [-0.15, -0.1) is 0 Å². The van der Waals surface area contributed by atoms with Crippen LogP contribution in [0.15, 0.2) is 36.5 Å². The molecule has 4 nitrogen and oxygen atoms in total. The molecule has 17 heavy (non-hydrogen) atoms. The molecule has 1 aromatic carbocycles. The van der Waals surface area contributed by atoms with Gasteiger partial charge in [0.25, 0.3) is 0 Å². The summed E-state index contributed by atoms with van der Waals surface area (Å²) < 4.78 is 5.09. The van der Waals surface area contributed by atoms with Crippen molar-refractivity contribution in [2.24, 2.45) is 0 Å². The second kappa shape index (κ2) is 5.50. The molecule has 0 aliphatic rings. The lowest BCUT2D eigenvalue weighted by atomic mass is 10.2. The molecule has 0 amide bonds. The number of nitrogens with zero attached hydrogens (tertiary/aromatic N) is 2. The molecule has 88 valence electrons. The normalized spacial score (nSPS) is 10.0. The molecular formula is C12H12ClN3O. The first-order valence-electron chi connectivity index (χ1n) is 5.13. The molecule has 0 radical (unpaired) electrons. The van der Waals surface area contributed by atoms with Crippen molar-refractivity contribution < 1.29 is 4.74 Å². The van der Waals surface area contributed by atoms with Crippen LogP contribution in [0.4, 0.5) is 5.95 Å². The average molecular weight is 250 g/mol. The molecule has 0 aliphatic carbocycles. The Morgan fingerprint density at radius 1 is 1.24 bits per heavy atom. The van der Waals surface area contributed by atoms with Crippen LogP contribution in [0.1, 0.15) is 5.56 Å². The van der Waals surface area contributed by atoms with Crippen LogP contribution in [-0.2, 0) is 6.54 Å². The van der Waals surface area contributed by atoms with Gasteiger partial charge in [-0.2, -0.15) is 0 Å². The van der Waals surface area contributed by atoms with Gasteiger partial charge in [-0.25, -0.2) is 9.97 Å².